The summed E-state index contributed by atoms with van der Waals surface area (Å²) in [4.78, 5) is 38.2. The zero-order valence-electron chi connectivity index (χ0n) is 19.5. The van der Waals surface area contributed by atoms with Crippen LogP contribution in [0.3, 0.4) is 0 Å². The number of amides is 1. The van der Waals surface area contributed by atoms with E-state index in [4.69, 9.17) is 33.7 Å². The predicted octanol–water partition coefficient (Wildman–Crippen LogP) is 4.61. The molecule has 9 heteroatoms. The number of aromatic nitrogens is 1. The predicted molar refractivity (Wildman–Crippen MR) is 142 cm³/mol. The van der Waals surface area contributed by atoms with Gasteiger partial charge in [0.05, 0.1) is 28.2 Å². The molecule has 0 unspecified atom stereocenters. The number of nitrogens with one attached hydrogen (secondary N) is 1. The Balaban J connectivity index is 1.60. The second-order valence-electron chi connectivity index (χ2n) is 8.29. The fraction of sp³-hybridized carbons (Fsp3) is 0.148. The van der Waals surface area contributed by atoms with Gasteiger partial charge < -0.3 is 20.4 Å². The van der Waals surface area contributed by atoms with E-state index in [1.807, 2.05) is 18.2 Å². The van der Waals surface area contributed by atoms with E-state index in [0.717, 1.165) is 16.5 Å². The second kappa shape index (κ2) is 10.4. The molecule has 184 valence electrons. The van der Waals surface area contributed by atoms with E-state index < -0.39 is 17.9 Å². The zero-order valence-corrected chi connectivity index (χ0v) is 21.1. The third-order valence-electron chi connectivity index (χ3n) is 5.93. The van der Waals surface area contributed by atoms with Crippen molar-refractivity contribution in [3.05, 3.63) is 98.3 Å². The molecule has 0 saturated carbocycles. The van der Waals surface area contributed by atoms with Gasteiger partial charge in [-0.15, -0.1) is 0 Å². The summed E-state index contributed by atoms with van der Waals surface area (Å²) in [5, 5.41) is 3.85. The number of anilines is 1. The van der Waals surface area contributed by atoms with E-state index in [1.165, 1.54) is 7.11 Å². The van der Waals surface area contributed by atoms with Crippen LogP contribution in [0.1, 0.15) is 15.9 Å². The number of nitrogen functional groups attached to an aromatic ring is 1. The quantitative estimate of drug-likeness (QED) is 0.283. The zero-order chi connectivity index (χ0) is 26.0. The largest absolute Gasteiger partial charge is 0.467 e. The Kier molecular flexibility index (Phi) is 7.33. The minimum absolute atomic E-state index is 0.0814. The lowest BCUT2D eigenvalue weighted by Gasteiger charge is -2.18. The Morgan fingerprint density at radius 1 is 1.03 bits per heavy atom. The van der Waals surface area contributed by atoms with Crippen molar-refractivity contribution in [2.75, 3.05) is 12.8 Å². The van der Waals surface area contributed by atoms with E-state index in [1.54, 1.807) is 60.1 Å². The van der Waals surface area contributed by atoms with Crippen molar-refractivity contribution < 1.29 is 14.3 Å². The Labute approximate surface area is 217 Å². The van der Waals surface area contributed by atoms with Crippen LogP contribution in [-0.2, 0) is 23.0 Å². The number of hydrogen-bond donors (Lipinski definition) is 2. The molecule has 36 heavy (non-hydrogen) atoms. The van der Waals surface area contributed by atoms with E-state index in [-0.39, 0.29) is 27.6 Å². The average Bonchev–Trinajstić information content (AvgIpc) is 2.85. The molecule has 0 fully saturated rings. The number of hydrogen-bond acceptors (Lipinski definition) is 5. The molecule has 3 aromatic carbocycles. The van der Waals surface area contributed by atoms with Gasteiger partial charge in [0.2, 0.25) is 0 Å². The number of fused-ring (bicyclic) bond motifs is 1. The number of benzene rings is 3. The van der Waals surface area contributed by atoms with Gasteiger partial charge in [0.15, 0.2) is 0 Å². The van der Waals surface area contributed by atoms with Gasteiger partial charge in [-0.3, -0.25) is 9.59 Å². The summed E-state index contributed by atoms with van der Waals surface area (Å²) >= 11 is 12.3. The molecule has 3 N–H and O–H groups in total. The number of ether oxygens (including phenoxy) is 1. The maximum atomic E-state index is 13.0. The third-order valence-corrected chi connectivity index (χ3v) is 6.56. The number of aryl methyl sites for hydroxylation is 1. The average molecular weight is 524 g/mol. The van der Waals surface area contributed by atoms with E-state index in [9.17, 15) is 14.4 Å². The maximum absolute atomic E-state index is 13.0. The van der Waals surface area contributed by atoms with Crippen molar-refractivity contribution in [3.63, 3.8) is 0 Å². The molecule has 4 aromatic rings. The Morgan fingerprint density at radius 3 is 2.33 bits per heavy atom. The molecule has 1 heterocycles. The first-order chi connectivity index (χ1) is 17.2. The first-order valence-electron chi connectivity index (χ1n) is 11.0. The highest BCUT2D eigenvalue weighted by Gasteiger charge is 2.25. The number of carbonyl (C=O) groups is 2. The van der Waals surface area contributed by atoms with E-state index in [0.29, 0.717) is 16.8 Å². The van der Waals surface area contributed by atoms with Crippen LogP contribution in [0, 0.1) is 0 Å². The highest BCUT2D eigenvalue weighted by atomic mass is 35.5. The van der Waals surface area contributed by atoms with E-state index >= 15 is 0 Å². The first kappa shape index (κ1) is 25.3. The van der Waals surface area contributed by atoms with Gasteiger partial charge in [-0.1, -0.05) is 53.5 Å². The Hall–Kier alpha value is -3.81. The van der Waals surface area contributed by atoms with Crippen LogP contribution in [0.25, 0.3) is 22.0 Å². The van der Waals surface area contributed by atoms with Crippen molar-refractivity contribution in [2.24, 2.45) is 7.05 Å². The second-order valence-corrected chi connectivity index (χ2v) is 9.10. The number of nitrogens with zero attached hydrogens (tertiary/aromatic N) is 1. The number of nitrogens with two attached hydrogens (primary N) is 1. The Morgan fingerprint density at radius 2 is 1.69 bits per heavy atom. The smallest absolute Gasteiger partial charge is 0.328 e. The lowest BCUT2D eigenvalue weighted by Crippen LogP contribution is -2.43. The van der Waals surface area contributed by atoms with Gasteiger partial charge in [0, 0.05) is 30.1 Å². The minimum atomic E-state index is -0.975. The normalized spacial score (nSPS) is 11.8. The van der Waals surface area contributed by atoms with Gasteiger partial charge in [0.1, 0.15) is 6.04 Å². The standard InChI is InChI=1S/C27H23Cl2N3O4/c1-32-23-11-10-18(30)13-17(23)14-19(26(32)34)16-8-6-15(7-9-16)12-22(27(35)36-2)31-25(33)24-20(28)4-3-5-21(24)29/h3-11,13-14,22H,12,30H2,1-2H3,(H,31,33)/t22-/m0/s1. The van der Waals surface area contributed by atoms with Crippen molar-refractivity contribution in [1.82, 2.24) is 9.88 Å². The molecule has 0 aliphatic rings. The number of methoxy groups -OCH3 is 1. The lowest BCUT2D eigenvalue weighted by atomic mass is 10.00. The molecule has 1 atom stereocenters. The van der Waals surface area contributed by atoms with Crippen LogP contribution in [0.15, 0.2) is 71.5 Å². The van der Waals surface area contributed by atoms with Crippen LogP contribution in [0.2, 0.25) is 10.0 Å². The molecule has 1 amide bonds. The summed E-state index contributed by atoms with van der Waals surface area (Å²) in [6.07, 6.45) is 0.160. The van der Waals surface area contributed by atoms with Crippen molar-refractivity contribution in [2.45, 2.75) is 12.5 Å². The summed E-state index contributed by atoms with van der Waals surface area (Å²) in [6, 6.07) is 18.1. The molecular weight excluding hydrogens is 501 g/mol. The molecular formula is C27H23Cl2N3O4. The topological polar surface area (TPSA) is 103 Å². The fourth-order valence-electron chi connectivity index (χ4n) is 4.04. The monoisotopic (exact) mass is 523 g/mol. The van der Waals surface area contributed by atoms with Gasteiger partial charge in [0.25, 0.3) is 11.5 Å². The van der Waals surface area contributed by atoms with Crippen molar-refractivity contribution in [1.29, 1.82) is 0 Å². The van der Waals surface area contributed by atoms with Crippen LogP contribution in [0.5, 0.6) is 0 Å². The van der Waals surface area contributed by atoms with Gasteiger partial charge in [-0.2, -0.15) is 0 Å². The molecule has 0 bridgehead atoms. The molecule has 1 aromatic heterocycles. The molecule has 4 rings (SSSR count). The molecule has 0 radical (unpaired) electrons. The first-order valence-corrected chi connectivity index (χ1v) is 11.8. The summed E-state index contributed by atoms with van der Waals surface area (Å²) in [5.41, 5.74) is 9.24. The van der Waals surface area contributed by atoms with Crippen LogP contribution in [0.4, 0.5) is 5.69 Å². The number of rotatable bonds is 6. The molecule has 0 aliphatic heterocycles. The highest BCUT2D eigenvalue weighted by molar-refractivity contribution is 6.39. The SMILES string of the molecule is COC(=O)[C@H](Cc1ccc(-c2cc3cc(N)ccc3n(C)c2=O)cc1)NC(=O)c1c(Cl)cccc1Cl. The van der Waals surface area contributed by atoms with Crippen molar-refractivity contribution >= 4 is 51.7 Å². The van der Waals surface area contributed by atoms with Crippen LogP contribution in [-0.4, -0.2) is 29.6 Å². The van der Waals surface area contributed by atoms with E-state index in [2.05, 4.69) is 5.32 Å². The molecule has 0 saturated heterocycles. The highest BCUT2D eigenvalue weighted by Crippen LogP contribution is 2.25. The van der Waals surface area contributed by atoms with Gasteiger partial charge in [-0.25, -0.2) is 4.79 Å². The van der Waals surface area contributed by atoms with Gasteiger partial charge in [-0.05, 0) is 47.5 Å². The number of esters is 1. The third kappa shape index (κ3) is 5.08. The minimum Gasteiger partial charge on any atom is -0.467 e. The maximum Gasteiger partial charge on any atom is 0.328 e. The molecule has 0 aliphatic carbocycles. The number of halogens is 2. The molecule has 7 nitrogen and oxygen atoms in total. The van der Waals surface area contributed by atoms with Gasteiger partial charge >= 0.3 is 5.97 Å². The number of carbonyl (C=O) groups excluding carboxylic acids is 2. The molecule has 0 spiro atoms. The van der Waals surface area contributed by atoms with Crippen molar-refractivity contribution in [3.8, 4) is 11.1 Å². The van der Waals surface area contributed by atoms with Crippen LogP contribution >= 0.6 is 23.2 Å². The summed E-state index contributed by atoms with van der Waals surface area (Å²) in [6.45, 7) is 0. The number of pyridine rings is 1. The summed E-state index contributed by atoms with van der Waals surface area (Å²) < 4.78 is 6.46. The van der Waals surface area contributed by atoms with Crippen LogP contribution < -0.4 is 16.6 Å². The summed E-state index contributed by atoms with van der Waals surface area (Å²) in [5.74, 6) is -1.20. The lowest BCUT2D eigenvalue weighted by molar-refractivity contribution is -0.142. The fourth-order valence-corrected chi connectivity index (χ4v) is 4.61. The summed E-state index contributed by atoms with van der Waals surface area (Å²) in [7, 11) is 2.96. The Bertz CT molecular complexity index is 1510.